The molecule has 9 nitrogen and oxygen atoms in total. The minimum absolute atomic E-state index is 0.0119. The molecule has 0 saturated carbocycles. The number of nitrogens with one attached hydrogen (secondary N) is 1. The number of nitrogens with zero attached hydrogens (tertiary/aromatic N) is 2. The molecule has 0 saturated heterocycles. The summed E-state index contributed by atoms with van der Waals surface area (Å²) in [6.07, 6.45) is 2.36. The summed E-state index contributed by atoms with van der Waals surface area (Å²) < 4.78 is 40.9. The van der Waals surface area contributed by atoms with Crippen molar-refractivity contribution in [1.29, 1.82) is 0 Å². The van der Waals surface area contributed by atoms with E-state index >= 15 is 0 Å². The molecule has 0 unspecified atom stereocenters. The van der Waals surface area contributed by atoms with Crippen molar-refractivity contribution in [2.45, 2.75) is 62.5 Å². The Hall–Kier alpha value is -2.18. The number of likely N-dealkylation sites (N-methyl/N-ethyl adjacent to an activating group) is 1. The molecule has 0 radical (unpaired) electrons. The van der Waals surface area contributed by atoms with E-state index in [0.717, 1.165) is 30.6 Å². The lowest BCUT2D eigenvalue weighted by Crippen LogP contribution is -2.47. The third-order valence-corrected chi connectivity index (χ3v) is 9.39. The standard InChI is InChI=1S/C27H41N3O6S2/c1-19-16-30(20(2)18-31)27(32)23-15-22(28-38(33,34)26-10-8-14-37-26)11-12-24(23)36-21(3)9-6-7-13-35-25(19)17-29(4)5/h8,10-12,14-15,19-21,25,28,31H,6-7,9,13,16-18H2,1-5H3/t19-,20-,21-,25-/m1/s1. The van der Waals surface area contributed by atoms with Crippen molar-refractivity contribution in [3.63, 3.8) is 0 Å². The zero-order valence-electron chi connectivity index (χ0n) is 22.9. The van der Waals surface area contributed by atoms with Gasteiger partial charge in [-0.25, -0.2) is 8.42 Å². The first-order valence-electron chi connectivity index (χ1n) is 13.1. The van der Waals surface area contributed by atoms with Gasteiger partial charge in [-0.1, -0.05) is 13.0 Å². The molecule has 1 aromatic carbocycles. The van der Waals surface area contributed by atoms with Crippen LogP contribution in [0.15, 0.2) is 39.9 Å². The van der Waals surface area contributed by atoms with Crippen LogP contribution < -0.4 is 9.46 Å². The van der Waals surface area contributed by atoms with Crippen molar-refractivity contribution in [3.8, 4) is 5.75 Å². The zero-order valence-corrected chi connectivity index (χ0v) is 24.6. The molecule has 212 valence electrons. The summed E-state index contributed by atoms with van der Waals surface area (Å²) in [6, 6.07) is 7.51. The van der Waals surface area contributed by atoms with Crippen molar-refractivity contribution in [3.05, 3.63) is 41.3 Å². The van der Waals surface area contributed by atoms with Crippen LogP contribution in [0.1, 0.15) is 50.4 Å². The number of ether oxygens (including phenoxy) is 2. The average molecular weight is 568 g/mol. The van der Waals surface area contributed by atoms with Crippen LogP contribution in [0.2, 0.25) is 0 Å². The summed E-state index contributed by atoms with van der Waals surface area (Å²) in [5, 5.41) is 11.7. The van der Waals surface area contributed by atoms with Gasteiger partial charge in [0, 0.05) is 31.3 Å². The van der Waals surface area contributed by atoms with Crippen LogP contribution in [0, 0.1) is 5.92 Å². The summed E-state index contributed by atoms with van der Waals surface area (Å²) in [5.74, 6) is 0.0445. The summed E-state index contributed by atoms with van der Waals surface area (Å²) in [5.41, 5.74) is 0.513. The first-order chi connectivity index (χ1) is 18.0. The van der Waals surface area contributed by atoms with Crippen molar-refractivity contribution in [2.24, 2.45) is 5.92 Å². The van der Waals surface area contributed by atoms with Crippen molar-refractivity contribution < 1.29 is 27.8 Å². The van der Waals surface area contributed by atoms with Gasteiger partial charge in [0.05, 0.1) is 30.4 Å². The number of aliphatic hydroxyl groups is 1. The van der Waals surface area contributed by atoms with Crippen LogP contribution in [0.3, 0.4) is 0 Å². The van der Waals surface area contributed by atoms with Gasteiger partial charge in [-0.15, -0.1) is 11.3 Å². The average Bonchev–Trinajstić information content (AvgIpc) is 3.42. The first-order valence-corrected chi connectivity index (χ1v) is 15.4. The molecule has 38 heavy (non-hydrogen) atoms. The number of benzene rings is 1. The molecule has 11 heteroatoms. The van der Waals surface area contributed by atoms with Gasteiger partial charge in [0.2, 0.25) is 0 Å². The Bertz CT molecular complexity index is 1140. The van der Waals surface area contributed by atoms with E-state index in [-0.39, 0.29) is 46.1 Å². The lowest BCUT2D eigenvalue weighted by Gasteiger charge is -2.35. The zero-order chi connectivity index (χ0) is 27.9. The van der Waals surface area contributed by atoms with Crippen LogP contribution >= 0.6 is 11.3 Å². The Kier molecular flexibility index (Phi) is 11.0. The van der Waals surface area contributed by atoms with Gasteiger partial charge in [-0.3, -0.25) is 9.52 Å². The van der Waals surface area contributed by atoms with Gasteiger partial charge >= 0.3 is 0 Å². The maximum Gasteiger partial charge on any atom is 0.271 e. The number of rotatable bonds is 7. The van der Waals surface area contributed by atoms with Crippen LogP contribution in [0.25, 0.3) is 0 Å². The molecule has 1 aliphatic rings. The van der Waals surface area contributed by atoms with E-state index in [2.05, 4.69) is 16.5 Å². The Balaban J connectivity index is 2.01. The number of carbonyl (C=O) groups is 1. The number of thiophene rings is 1. The maximum atomic E-state index is 14.0. The van der Waals surface area contributed by atoms with Crippen LogP contribution in [-0.2, 0) is 14.8 Å². The van der Waals surface area contributed by atoms with Gasteiger partial charge in [0.1, 0.15) is 9.96 Å². The van der Waals surface area contributed by atoms with Gasteiger partial charge in [0.25, 0.3) is 15.9 Å². The SMILES string of the molecule is C[C@@H]1CCCCO[C@H](CN(C)C)[C@H](C)CN([C@H](C)CO)C(=O)c2cc(NS(=O)(=O)c3cccs3)ccc2O1. The second-order valence-electron chi connectivity index (χ2n) is 10.3. The van der Waals surface area contributed by atoms with Crippen molar-refractivity contribution >= 4 is 33.0 Å². The highest BCUT2D eigenvalue weighted by Crippen LogP contribution is 2.30. The van der Waals surface area contributed by atoms with Crippen molar-refractivity contribution in [2.75, 3.05) is 45.1 Å². The third kappa shape index (κ3) is 8.16. The normalized spacial score (nSPS) is 22.9. The van der Waals surface area contributed by atoms with E-state index in [4.69, 9.17) is 9.47 Å². The molecule has 1 aliphatic heterocycles. The fourth-order valence-corrected chi connectivity index (χ4v) is 6.47. The predicted octanol–water partition coefficient (Wildman–Crippen LogP) is 3.91. The number of anilines is 1. The van der Waals surface area contributed by atoms with Gasteiger partial charge in [-0.2, -0.15) is 0 Å². The van der Waals surface area contributed by atoms with Gasteiger partial charge < -0.3 is 24.4 Å². The van der Waals surface area contributed by atoms with E-state index < -0.39 is 16.1 Å². The third-order valence-electron chi connectivity index (χ3n) is 6.61. The number of carbonyl (C=O) groups excluding carboxylic acids is 1. The number of amides is 1. The number of hydrogen-bond donors (Lipinski definition) is 2. The monoisotopic (exact) mass is 567 g/mol. The maximum absolute atomic E-state index is 14.0. The molecule has 0 spiro atoms. The van der Waals surface area contributed by atoms with Crippen LogP contribution in [0.5, 0.6) is 5.75 Å². The van der Waals surface area contributed by atoms with E-state index in [1.807, 2.05) is 21.0 Å². The number of hydrogen-bond acceptors (Lipinski definition) is 8. The molecule has 3 rings (SSSR count). The minimum atomic E-state index is -3.79. The molecule has 0 aliphatic carbocycles. The minimum Gasteiger partial charge on any atom is -0.490 e. The second kappa shape index (κ2) is 13.7. The largest absolute Gasteiger partial charge is 0.490 e. The van der Waals surface area contributed by atoms with Gasteiger partial charge in [0.15, 0.2) is 0 Å². The highest BCUT2D eigenvalue weighted by atomic mass is 32.2. The van der Waals surface area contributed by atoms with E-state index in [1.54, 1.807) is 35.4 Å². The summed E-state index contributed by atoms with van der Waals surface area (Å²) >= 11 is 1.12. The van der Waals surface area contributed by atoms with E-state index in [0.29, 0.717) is 25.4 Å². The summed E-state index contributed by atoms with van der Waals surface area (Å²) in [4.78, 5) is 17.7. The molecule has 4 atom stereocenters. The quantitative estimate of drug-likeness (QED) is 0.522. The Labute approximate surface area is 230 Å². The smallest absolute Gasteiger partial charge is 0.271 e. The molecular weight excluding hydrogens is 526 g/mol. The summed E-state index contributed by atoms with van der Waals surface area (Å²) in [7, 11) is 0.195. The Morgan fingerprint density at radius 1 is 1.24 bits per heavy atom. The molecular formula is C27H41N3O6S2. The fourth-order valence-electron chi connectivity index (χ4n) is 4.43. The molecule has 1 amide bonds. The molecule has 0 bridgehead atoms. The van der Waals surface area contributed by atoms with E-state index in [9.17, 15) is 18.3 Å². The highest BCUT2D eigenvalue weighted by Gasteiger charge is 2.30. The molecule has 2 heterocycles. The fraction of sp³-hybridized carbons (Fsp3) is 0.593. The molecule has 2 aromatic rings. The van der Waals surface area contributed by atoms with Crippen LogP contribution in [0.4, 0.5) is 5.69 Å². The van der Waals surface area contributed by atoms with Crippen molar-refractivity contribution in [1.82, 2.24) is 9.80 Å². The Morgan fingerprint density at radius 2 is 2.00 bits per heavy atom. The van der Waals surface area contributed by atoms with E-state index in [1.165, 1.54) is 12.1 Å². The molecule has 2 N–H and O–H groups in total. The molecule has 0 fully saturated rings. The number of sulfonamides is 1. The second-order valence-corrected chi connectivity index (χ2v) is 13.2. The van der Waals surface area contributed by atoms with Gasteiger partial charge in [-0.05, 0) is 76.9 Å². The summed E-state index contributed by atoms with van der Waals surface area (Å²) in [6.45, 7) is 7.29. The Morgan fingerprint density at radius 3 is 2.66 bits per heavy atom. The topological polar surface area (TPSA) is 108 Å². The van der Waals surface area contributed by atoms with Crippen LogP contribution in [-0.4, -0.2) is 87.9 Å². The number of fused-ring (bicyclic) bond motifs is 1. The number of aliphatic hydroxyl groups excluding tert-OH is 1. The highest BCUT2D eigenvalue weighted by molar-refractivity contribution is 7.94. The first kappa shape index (κ1) is 30.4. The lowest BCUT2D eigenvalue weighted by atomic mass is 10.0. The molecule has 1 aromatic heterocycles. The lowest BCUT2D eigenvalue weighted by molar-refractivity contribution is -0.0137. The predicted molar refractivity (Wildman–Crippen MR) is 151 cm³/mol.